The molecule has 0 amide bonds. The highest BCUT2D eigenvalue weighted by Crippen LogP contribution is 2.00. The summed E-state index contributed by atoms with van der Waals surface area (Å²) in [5.74, 6) is 0.590. The summed E-state index contributed by atoms with van der Waals surface area (Å²) < 4.78 is 25.4. The van der Waals surface area contributed by atoms with Crippen LogP contribution in [0.5, 0.6) is 0 Å². The number of hydrogen-bond acceptors (Lipinski definition) is 5. The van der Waals surface area contributed by atoms with Gasteiger partial charge in [-0.2, -0.15) is 0 Å². The Morgan fingerprint density at radius 1 is 1.56 bits per heavy atom. The van der Waals surface area contributed by atoms with Crippen LogP contribution in [0.15, 0.2) is 12.3 Å². The summed E-state index contributed by atoms with van der Waals surface area (Å²) in [7, 11) is -3.48. The van der Waals surface area contributed by atoms with Gasteiger partial charge in [-0.15, -0.1) is 0 Å². The molecule has 0 saturated carbocycles. The normalized spacial score (nSPS) is 13.7. The Bertz CT molecular complexity index is 447. The minimum Gasteiger partial charge on any atom is -0.395 e. The Labute approximate surface area is 94.8 Å². The molecule has 1 unspecified atom stereocenters. The van der Waals surface area contributed by atoms with Gasteiger partial charge in [0.1, 0.15) is 5.82 Å². The monoisotopic (exact) mass is 245 g/mol. The van der Waals surface area contributed by atoms with E-state index in [9.17, 15) is 8.42 Å². The molecule has 0 radical (unpaired) electrons. The lowest BCUT2D eigenvalue weighted by Gasteiger charge is -2.10. The molecule has 6 nitrogen and oxygen atoms in total. The molecule has 0 aliphatic rings. The molecular formula is C9H15N3O3S. The maximum Gasteiger partial charge on any atom is 0.216 e. The van der Waals surface area contributed by atoms with Crippen molar-refractivity contribution >= 4 is 10.0 Å². The van der Waals surface area contributed by atoms with Crippen molar-refractivity contribution in [2.75, 3.05) is 6.61 Å². The fourth-order valence-electron chi connectivity index (χ4n) is 1.02. The van der Waals surface area contributed by atoms with Crippen LogP contribution >= 0.6 is 0 Å². The smallest absolute Gasteiger partial charge is 0.216 e. The molecule has 7 heteroatoms. The first-order valence-corrected chi connectivity index (χ1v) is 6.38. The van der Waals surface area contributed by atoms with Crippen LogP contribution in [-0.4, -0.2) is 35.3 Å². The summed E-state index contributed by atoms with van der Waals surface area (Å²) in [6.45, 7) is 2.87. The zero-order valence-electron chi connectivity index (χ0n) is 9.21. The van der Waals surface area contributed by atoms with Gasteiger partial charge in [0.15, 0.2) is 0 Å². The molecule has 90 valence electrons. The predicted molar refractivity (Wildman–Crippen MR) is 59.1 cm³/mol. The molecule has 0 bridgehead atoms. The fourth-order valence-corrected chi connectivity index (χ4v) is 1.85. The second kappa shape index (κ2) is 5.33. The first-order chi connectivity index (χ1) is 7.45. The van der Waals surface area contributed by atoms with Gasteiger partial charge in [0.25, 0.3) is 0 Å². The molecule has 1 rings (SSSR count). The van der Waals surface area contributed by atoms with Crippen molar-refractivity contribution in [3.63, 3.8) is 0 Å². The number of nitrogens with zero attached hydrogens (tertiary/aromatic N) is 2. The lowest BCUT2D eigenvalue weighted by molar-refractivity contribution is 0.294. The highest BCUT2D eigenvalue weighted by molar-refractivity contribution is 7.90. The van der Waals surface area contributed by atoms with Crippen LogP contribution < -0.4 is 4.72 Å². The fraction of sp³-hybridized carbons (Fsp3) is 0.556. The molecule has 1 atom stereocenters. The van der Waals surface area contributed by atoms with Gasteiger partial charge in [0.05, 0.1) is 24.1 Å². The molecular weight excluding hydrogens is 230 g/mol. The van der Waals surface area contributed by atoms with E-state index >= 15 is 0 Å². The van der Waals surface area contributed by atoms with Crippen molar-refractivity contribution < 1.29 is 13.5 Å². The summed E-state index contributed by atoms with van der Waals surface area (Å²) in [6, 6.07) is 1.64. The third-order valence-electron chi connectivity index (χ3n) is 2.08. The lowest BCUT2D eigenvalue weighted by atomic mass is 10.4. The van der Waals surface area contributed by atoms with Crippen LogP contribution in [0.2, 0.25) is 0 Å². The molecule has 0 spiro atoms. The van der Waals surface area contributed by atoms with Crippen molar-refractivity contribution in [3.8, 4) is 0 Å². The molecule has 1 heterocycles. The summed E-state index contributed by atoms with van der Waals surface area (Å²) >= 11 is 0. The number of aryl methyl sites for hydroxylation is 1. The minimum absolute atomic E-state index is 0.107. The van der Waals surface area contributed by atoms with Gasteiger partial charge in [-0.05, 0) is 19.9 Å². The van der Waals surface area contributed by atoms with E-state index in [1.165, 1.54) is 6.92 Å². The maximum absolute atomic E-state index is 11.5. The molecule has 1 aromatic rings. The van der Waals surface area contributed by atoms with E-state index in [1.54, 1.807) is 19.2 Å². The van der Waals surface area contributed by atoms with Gasteiger partial charge in [0, 0.05) is 6.20 Å². The van der Waals surface area contributed by atoms with Gasteiger partial charge in [-0.3, -0.25) is 0 Å². The van der Waals surface area contributed by atoms with Crippen molar-refractivity contribution in [1.82, 2.24) is 14.7 Å². The Kier molecular flexibility index (Phi) is 4.34. The average Bonchev–Trinajstić information content (AvgIpc) is 2.25. The van der Waals surface area contributed by atoms with Crippen molar-refractivity contribution in [1.29, 1.82) is 0 Å². The van der Waals surface area contributed by atoms with E-state index in [0.29, 0.717) is 11.5 Å². The van der Waals surface area contributed by atoms with Gasteiger partial charge in [-0.1, -0.05) is 0 Å². The maximum atomic E-state index is 11.5. The second-order valence-corrected chi connectivity index (χ2v) is 5.64. The molecule has 0 fully saturated rings. The van der Waals surface area contributed by atoms with Gasteiger partial charge in [0.2, 0.25) is 10.0 Å². The summed E-state index contributed by atoms with van der Waals surface area (Å²) in [5, 5.41) is 7.94. The van der Waals surface area contributed by atoms with E-state index < -0.39 is 21.9 Å². The SMILES string of the molecule is Cc1nccc(CNS(=O)(=O)C(C)CO)n1. The molecule has 1 aromatic heterocycles. The largest absolute Gasteiger partial charge is 0.395 e. The Balaban J connectivity index is 2.65. The highest BCUT2D eigenvalue weighted by Gasteiger charge is 2.19. The van der Waals surface area contributed by atoms with Crippen LogP contribution in [0, 0.1) is 6.92 Å². The van der Waals surface area contributed by atoms with Crippen LogP contribution in [0.25, 0.3) is 0 Å². The molecule has 2 N–H and O–H groups in total. The number of hydrogen-bond donors (Lipinski definition) is 2. The quantitative estimate of drug-likeness (QED) is 0.735. The second-order valence-electron chi connectivity index (χ2n) is 3.45. The Hall–Kier alpha value is -1.05. The van der Waals surface area contributed by atoms with Gasteiger partial charge >= 0.3 is 0 Å². The number of sulfonamides is 1. The molecule has 0 saturated heterocycles. The molecule has 0 aliphatic carbocycles. The third-order valence-corrected chi connectivity index (χ3v) is 3.83. The topological polar surface area (TPSA) is 92.2 Å². The third kappa shape index (κ3) is 3.51. The van der Waals surface area contributed by atoms with Crippen LogP contribution in [0.3, 0.4) is 0 Å². The van der Waals surface area contributed by atoms with Gasteiger partial charge in [-0.25, -0.2) is 23.1 Å². The number of nitrogens with one attached hydrogen (secondary N) is 1. The van der Waals surface area contributed by atoms with Crippen LogP contribution in [0.1, 0.15) is 18.4 Å². The zero-order chi connectivity index (χ0) is 12.2. The molecule has 16 heavy (non-hydrogen) atoms. The first-order valence-electron chi connectivity index (χ1n) is 4.83. The Morgan fingerprint density at radius 2 is 2.25 bits per heavy atom. The lowest BCUT2D eigenvalue weighted by Crippen LogP contribution is -2.34. The predicted octanol–water partition coefficient (Wildman–Crippen LogP) is -0.415. The van der Waals surface area contributed by atoms with E-state index in [-0.39, 0.29) is 6.54 Å². The van der Waals surface area contributed by atoms with E-state index in [0.717, 1.165) is 0 Å². The first kappa shape index (κ1) is 13.0. The summed E-state index contributed by atoms with van der Waals surface area (Å²) in [6.07, 6.45) is 1.57. The number of aliphatic hydroxyl groups is 1. The van der Waals surface area contributed by atoms with E-state index in [4.69, 9.17) is 5.11 Å². The van der Waals surface area contributed by atoms with Gasteiger partial charge < -0.3 is 5.11 Å². The average molecular weight is 245 g/mol. The Morgan fingerprint density at radius 3 is 2.81 bits per heavy atom. The highest BCUT2D eigenvalue weighted by atomic mass is 32.2. The zero-order valence-corrected chi connectivity index (χ0v) is 10.0. The molecule has 0 aromatic carbocycles. The standard InChI is InChI=1S/C9H15N3O3S/c1-7(6-13)16(14,15)11-5-9-3-4-10-8(2)12-9/h3-4,7,11,13H,5-6H2,1-2H3. The number of rotatable bonds is 5. The van der Waals surface area contributed by atoms with E-state index in [1.807, 2.05) is 0 Å². The van der Waals surface area contributed by atoms with Crippen molar-refractivity contribution in [2.45, 2.75) is 25.6 Å². The van der Waals surface area contributed by atoms with Crippen LogP contribution in [0.4, 0.5) is 0 Å². The van der Waals surface area contributed by atoms with Crippen LogP contribution in [-0.2, 0) is 16.6 Å². The molecule has 0 aliphatic heterocycles. The number of aliphatic hydroxyl groups excluding tert-OH is 1. The van der Waals surface area contributed by atoms with E-state index in [2.05, 4.69) is 14.7 Å². The number of aromatic nitrogens is 2. The van der Waals surface area contributed by atoms with Crippen molar-refractivity contribution in [3.05, 3.63) is 23.8 Å². The summed E-state index contributed by atoms with van der Waals surface area (Å²) in [5.41, 5.74) is 0.598. The summed E-state index contributed by atoms with van der Waals surface area (Å²) in [4.78, 5) is 7.97. The van der Waals surface area contributed by atoms with Crippen molar-refractivity contribution in [2.24, 2.45) is 0 Å². The minimum atomic E-state index is -3.48.